The number of hydrogen-bond donors (Lipinski definition) is 2. The number of anilines is 1. The van der Waals surface area contributed by atoms with E-state index in [0.717, 1.165) is 36.4 Å². The van der Waals surface area contributed by atoms with E-state index in [-0.39, 0.29) is 11.6 Å². The summed E-state index contributed by atoms with van der Waals surface area (Å²) in [6.45, 7) is 1.98. The third kappa shape index (κ3) is 3.25. The lowest BCUT2D eigenvalue weighted by Gasteiger charge is -2.28. The molecule has 22 heavy (non-hydrogen) atoms. The van der Waals surface area contributed by atoms with Crippen LogP contribution in [0, 0.1) is 6.92 Å². The Hall–Kier alpha value is -1.59. The highest BCUT2D eigenvalue weighted by Gasteiger charge is 2.39. The zero-order valence-corrected chi connectivity index (χ0v) is 13.9. The molecule has 0 spiro atoms. The van der Waals surface area contributed by atoms with Crippen molar-refractivity contribution in [3.8, 4) is 0 Å². The van der Waals surface area contributed by atoms with Gasteiger partial charge in [-0.25, -0.2) is 9.78 Å². The van der Waals surface area contributed by atoms with Crippen molar-refractivity contribution in [3.05, 3.63) is 45.4 Å². The molecule has 0 atom stereocenters. The van der Waals surface area contributed by atoms with E-state index in [4.69, 9.17) is 11.6 Å². The highest BCUT2D eigenvalue weighted by molar-refractivity contribution is 7.09. The second kappa shape index (κ2) is 6.26. The summed E-state index contributed by atoms with van der Waals surface area (Å²) < 4.78 is 0. The van der Waals surface area contributed by atoms with Crippen molar-refractivity contribution >= 4 is 34.7 Å². The fourth-order valence-electron chi connectivity index (χ4n) is 2.89. The van der Waals surface area contributed by atoms with Crippen LogP contribution in [-0.4, -0.2) is 11.0 Å². The lowest BCUT2D eigenvalue weighted by Crippen LogP contribution is -2.45. The van der Waals surface area contributed by atoms with E-state index in [1.54, 1.807) is 23.5 Å². The zero-order chi connectivity index (χ0) is 15.6. The Bertz CT molecular complexity index is 680. The van der Waals surface area contributed by atoms with Crippen LogP contribution in [0.4, 0.5) is 10.5 Å². The molecule has 0 radical (unpaired) electrons. The van der Waals surface area contributed by atoms with Gasteiger partial charge < -0.3 is 10.6 Å². The van der Waals surface area contributed by atoms with Crippen LogP contribution in [0.1, 0.15) is 36.4 Å². The van der Waals surface area contributed by atoms with Crippen LogP contribution >= 0.6 is 22.9 Å². The van der Waals surface area contributed by atoms with Gasteiger partial charge in [0, 0.05) is 21.8 Å². The van der Waals surface area contributed by atoms with Crippen molar-refractivity contribution in [2.45, 2.75) is 38.1 Å². The van der Waals surface area contributed by atoms with Crippen molar-refractivity contribution < 1.29 is 4.79 Å². The molecule has 6 heteroatoms. The molecule has 4 nitrogen and oxygen atoms in total. The summed E-state index contributed by atoms with van der Waals surface area (Å²) in [5.74, 6) is 0. The Labute approximate surface area is 138 Å². The number of carbonyl (C=O) groups is 1. The van der Waals surface area contributed by atoms with Crippen LogP contribution in [0.3, 0.4) is 0 Å². The molecule has 1 aromatic heterocycles. The number of urea groups is 1. The molecule has 1 fully saturated rings. The van der Waals surface area contributed by atoms with Crippen molar-refractivity contribution in [2.75, 3.05) is 5.32 Å². The number of aryl methyl sites for hydroxylation is 1. The summed E-state index contributed by atoms with van der Waals surface area (Å²) in [6.07, 6.45) is 4.08. The first kappa shape index (κ1) is 15.3. The Morgan fingerprint density at radius 2 is 2.14 bits per heavy atom. The van der Waals surface area contributed by atoms with Gasteiger partial charge in [-0.1, -0.05) is 30.5 Å². The molecule has 3 rings (SSSR count). The molecule has 116 valence electrons. The lowest BCUT2D eigenvalue weighted by molar-refractivity contribution is 0.236. The molecule has 2 amide bonds. The van der Waals surface area contributed by atoms with E-state index in [0.29, 0.717) is 10.7 Å². The van der Waals surface area contributed by atoms with Gasteiger partial charge in [0.15, 0.2) is 0 Å². The number of carbonyl (C=O) groups excluding carboxylic acids is 1. The first-order chi connectivity index (χ1) is 10.6. The molecule has 0 aliphatic heterocycles. The number of nitrogens with zero attached hydrogens (tertiary/aromatic N) is 1. The van der Waals surface area contributed by atoms with Gasteiger partial charge in [-0.15, -0.1) is 11.3 Å². The Kier molecular flexibility index (Phi) is 4.36. The minimum Gasteiger partial charge on any atom is -0.326 e. The van der Waals surface area contributed by atoms with Gasteiger partial charge in [-0.3, -0.25) is 0 Å². The van der Waals surface area contributed by atoms with Gasteiger partial charge in [-0.2, -0.15) is 0 Å². The van der Waals surface area contributed by atoms with Gasteiger partial charge >= 0.3 is 6.03 Å². The molecule has 1 saturated carbocycles. The molecular formula is C16H18ClN3OS. The van der Waals surface area contributed by atoms with Crippen LogP contribution in [0.2, 0.25) is 5.02 Å². The van der Waals surface area contributed by atoms with Crippen molar-refractivity contribution in [1.82, 2.24) is 10.3 Å². The Morgan fingerprint density at radius 1 is 1.36 bits per heavy atom. The molecule has 1 heterocycles. The smallest absolute Gasteiger partial charge is 0.320 e. The topological polar surface area (TPSA) is 54.0 Å². The van der Waals surface area contributed by atoms with E-state index in [9.17, 15) is 4.79 Å². The first-order valence-electron chi connectivity index (χ1n) is 7.35. The molecular weight excluding hydrogens is 318 g/mol. The first-order valence-corrected chi connectivity index (χ1v) is 8.60. The van der Waals surface area contributed by atoms with E-state index in [1.807, 2.05) is 24.4 Å². The standard InChI is InChI=1S/C16H18ClN3OS/c1-11-10-22-14(18-11)16(7-2-3-8-16)20-15(21)19-13-6-4-5-12(17)9-13/h4-6,9-10H,2-3,7-8H2,1H3,(H2,19,20,21). The second-order valence-electron chi connectivity index (χ2n) is 5.67. The molecule has 0 saturated heterocycles. The minimum absolute atomic E-state index is 0.211. The third-order valence-electron chi connectivity index (χ3n) is 3.92. The number of hydrogen-bond acceptors (Lipinski definition) is 3. The van der Waals surface area contributed by atoms with Gasteiger partial charge in [0.25, 0.3) is 0 Å². The monoisotopic (exact) mass is 335 g/mol. The maximum absolute atomic E-state index is 12.4. The predicted molar refractivity (Wildman–Crippen MR) is 90.6 cm³/mol. The van der Waals surface area contributed by atoms with Crippen molar-refractivity contribution in [3.63, 3.8) is 0 Å². The zero-order valence-electron chi connectivity index (χ0n) is 12.4. The quantitative estimate of drug-likeness (QED) is 0.854. The average Bonchev–Trinajstić information content (AvgIpc) is 3.08. The molecule has 1 aromatic carbocycles. The highest BCUT2D eigenvalue weighted by Crippen LogP contribution is 2.40. The van der Waals surface area contributed by atoms with Crippen LogP contribution in [-0.2, 0) is 5.54 Å². The van der Waals surface area contributed by atoms with E-state index >= 15 is 0 Å². The van der Waals surface area contributed by atoms with Crippen LogP contribution < -0.4 is 10.6 Å². The fraction of sp³-hybridized carbons (Fsp3) is 0.375. The molecule has 2 aromatic rings. The number of nitrogens with one attached hydrogen (secondary N) is 2. The van der Waals surface area contributed by atoms with Gasteiger partial charge in [-0.05, 0) is 38.0 Å². The summed E-state index contributed by atoms with van der Waals surface area (Å²) in [5, 5.41) is 9.64. The Morgan fingerprint density at radius 3 is 2.77 bits per heavy atom. The molecule has 1 aliphatic rings. The van der Waals surface area contributed by atoms with Crippen LogP contribution in [0.5, 0.6) is 0 Å². The number of thiazole rings is 1. The number of aromatic nitrogens is 1. The minimum atomic E-state index is -0.332. The van der Waals surface area contributed by atoms with E-state index in [1.165, 1.54) is 0 Å². The van der Waals surface area contributed by atoms with Crippen LogP contribution in [0.25, 0.3) is 0 Å². The normalized spacial score (nSPS) is 16.5. The van der Waals surface area contributed by atoms with Gasteiger partial charge in [0.2, 0.25) is 0 Å². The molecule has 1 aliphatic carbocycles. The number of amides is 2. The van der Waals surface area contributed by atoms with Crippen molar-refractivity contribution in [1.29, 1.82) is 0 Å². The molecule has 2 N–H and O–H groups in total. The average molecular weight is 336 g/mol. The number of benzene rings is 1. The third-order valence-corrected chi connectivity index (χ3v) is 5.32. The maximum Gasteiger partial charge on any atom is 0.320 e. The van der Waals surface area contributed by atoms with Crippen molar-refractivity contribution in [2.24, 2.45) is 0 Å². The highest BCUT2D eigenvalue weighted by atomic mass is 35.5. The Balaban J connectivity index is 1.75. The van der Waals surface area contributed by atoms with E-state index in [2.05, 4.69) is 15.6 Å². The lowest BCUT2D eigenvalue weighted by atomic mass is 9.99. The molecule has 0 bridgehead atoms. The summed E-state index contributed by atoms with van der Waals surface area (Å²) in [4.78, 5) is 17.0. The number of halogens is 1. The predicted octanol–water partition coefficient (Wildman–Crippen LogP) is 4.70. The van der Waals surface area contributed by atoms with Gasteiger partial charge in [0.05, 0.1) is 5.54 Å². The molecule has 0 unspecified atom stereocenters. The summed E-state index contributed by atoms with van der Waals surface area (Å²) in [6, 6.07) is 6.93. The SMILES string of the molecule is Cc1csc(C2(NC(=O)Nc3cccc(Cl)c3)CCCC2)n1. The maximum atomic E-state index is 12.4. The number of rotatable bonds is 3. The van der Waals surface area contributed by atoms with E-state index < -0.39 is 0 Å². The largest absolute Gasteiger partial charge is 0.326 e. The fourth-order valence-corrected chi connectivity index (χ4v) is 4.09. The second-order valence-corrected chi connectivity index (χ2v) is 6.97. The summed E-state index contributed by atoms with van der Waals surface area (Å²) in [5.41, 5.74) is 1.36. The summed E-state index contributed by atoms with van der Waals surface area (Å²) in [7, 11) is 0. The van der Waals surface area contributed by atoms with Crippen LogP contribution in [0.15, 0.2) is 29.6 Å². The van der Waals surface area contributed by atoms with Gasteiger partial charge in [0.1, 0.15) is 5.01 Å². The summed E-state index contributed by atoms with van der Waals surface area (Å²) >= 11 is 7.57.